The third kappa shape index (κ3) is 9.94. The van der Waals surface area contributed by atoms with Crippen LogP contribution in [-0.2, 0) is 5.41 Å². The minimum Gasteiger partial charge on any atom is -0.399 e. The zero-order valence-electron chi connectivity index (χ0n) is 26.8. The molecule has 0 saturated carbocycles. The summed E-state index contributed by atoms with van der Waals surface area (Å²) in [5, 5.41) is 20.5. The topological polar surface area (TPSA) is 323 Å². The summed E-state index contributed by atoms with van der Waals surface area (Å²) in [7, 11) is 0. The van der Waals surface area contributed by atoms with Gasteiger partial charge in [0.05, 0.1) is 62.9 Å². The number of H-pyrrole nitrogens is 1. The highest BCUT2D eigenvalue weighted by molar-refractivity contribution is 5.88. The predicted octanol–water partition coefficient (Wildman–Crippen LogP) is 4.48. The number of pyridine rings is 4. The van der Waals surface area contributed by atoms with Gasteiger partial charge in [-0.3, -0.25) is 40.2 Å². The molecule has 0 unspecified atom stereocenters. The Hall–Kier alpha value is -7.11. The minimum atomic E-state index is -0.824. The van der Waals surface area contributed by atoms with Gasteiger partial charge >= 0.3 is 11.4 Å². The molecule has 18 nitrogen and oxygen atoms in total. The lowest BCUT2D eigenvalue weighted by atomic mass is 9.87. The summed E-state index contributed by atoms with van der Waals surface area (Å²) in [5.41, 5.74) is 37.6. The zero-order valence-corrected chi connectivity index (χ0v) is 26.8. The van der Waals surface area contributed by atoms with Crippen molar-refractivity contribution < 1.29 is 9.85 Å². The van der Waals surface area contributed by atoms with Gasteiger partial charge in [0.1, 0.15) is 23.7 Å². The molecule has 0 aliphatic rings. The smallest absolute Gasteiger partial charge is 0.317 e. The normalized spacial score (nSPS) is 10.3. The molecule has 0 aliphatic heterocycles. The molecule has 5 heterocycles. The van der Waals surface area contributed by atoms with Gasteiger partial charge in [-0.1, -0.05) is 45.0 Å². The molecule has 0 atom stereocenters. The Kier molecular flexibility index (Phi) is 11.8. The van der Waals surface area contributed by atoms with Crippen molar-refractivity contribution in [2.24, 2.45) is 0 Å². The van der Waals surface area contributed by atoms with Gasteiger partial charge < -0.3 is 39.4 Å². The summed E-state index contributed by atoms with van der Waals surface area (Å²) < 4.78 is 0. The first kappa shape index (κ1) is 36.4. The van der Waals surface area contributed by atoms with Gasteiger partial charge in [0.25, 0.3) is 0 Å². The van der Waals surface area contributed by atoms with E-state index in [4.69, 9.17) is 34.4 Å². The second-order valence-electron chi connectivity index (χ2n) is 11.2. The Balaban J connectivity index is 0.000000193. The summed E-state index contributed by atoms with van der Waals surface area (Å²) in [6.07, 6.45) is 11.3. The van der Waals surface area contributed by atoms with Crippen molar-refractivity contribution in [2.45, 2.75) is 26.2 Å². The van der Waals surface area contributed by atoms with E-state index in [0.29, 0.717) is 22.7 Å². The van der Waals surface area contributed by atoms with Crippen molar-refractivity contribution in [3.05, 3.63) is 112 Å². The summed E-state index contributed by atoms with van der Waals surface area (Å²) in [6.45, 7) is 6.61. The van der Waals surface area contributed by atoms with Crippen molar-refractivity contribution in [3.8, 4) is 11.4 Å². The molecule has 18 heteroatoms. The number of hydrogen-bond donors (Lipinski definition) is 7. The lowest BCUT2D eigenvalue weighted by molar-refractivity contribution is -0.392. The summed E-state index contributed by atoms with van der Waals surface area (Å²) >= 11 is 0. The molecule has 0 spiro atoms. The minimum absolute atomic E-state index is 0.154. The van der Waals surface area contributed by atoms with E-state index in [2.05, 4.69) is 74.9 Å². The molecule has 0 bridgehead atoms. The highest BCUT2D eigenvalue weighted by Gasteiger charge is 2.22. The van der Waals surface area contributed by atoms with Crippen LogP contribution in [0.5, 0.6) is 0 Å². The van der Waals surface area contributed by atoms with Crippen LogP contribution in [0.2, 0.25) is 0 Å². The molecular weight excluding hydrogens is 632 g/mol. The van der Waals surface area contributed by atoms with E-state index in [1.165, 1.54) is 18.0 Å². The Labute approximate surface area is 279 Å². The van der Waals surface area contributed by atoms with Crippen LogP contribution in [0.4, 0.5) is 45.5 Å². The number of hydrogen-bond acceptors (Lipinski definition) is 15. The SMILES string of the molecule is CC(C)(C)c1ccc(-c2nc3c(N)cncc3[nH]2)cc1.Nc1c([N+](=O)[O-])cncc1[N+](=O)[O-].Nc1ccncc1.Nc1cncc(N)c1N. The number of anilines is 6. The second-order valence-corrected chi connectivity index (χ2v) is 11.2. The number of rotatable bonds is 3. The van der Waals surface area contributed by atoms with Gasteiger partial charge in [-0.2, -0.15) is 0 Å². The lowest BCUT2D eigenvalue weighted by Gasteiger charge is -2.18. The Bertz CT molecular complexity index is 1980. The monoisotopic (exact) mass is 668 g/mol. The van der Waals surface area contributed by atoms with Gasteiger partial charge in [0.15, 0.2) is 5.69 Å². The number of fused-ring (bicyclic) bond motifs is 1. The number of nitrogens with one attached hydrogen (secondary N) is 1. The molecule has 0 amide bonds. The molecule has 0 fully saturated rings. The van der Waals surface area contributed by atoms with Gasteiger partial charge in [-0.25, -0.2) is 4.98 Å². The number of aromatic nitrogens is 6. The summed E-state index contributed by atoms with van der Waals surface area (Å²) in [5.74, 6) is 0.820. The number of benzene rings is 1. The largest absolute Gasteiger partial charge is 0.399 e. The van der Waals surface area contributed by atoms with Crippen LogP contribution in [0.15, 0.2) is 86.0 Å². The van der Waals surface area contributed by atoms with E-state index in [1.54, 1.807) is 36.9 Å². The summed E-state index contributed by atoms with van der Waals surface area (Å²) in [6, 6.07) is 12.0. The number of nitro groups is 2. The van der Waals surface area contributed by atoms with Crippen molar-refractivity contribution in [2.75, 3.05) is 34.4 Å². The van der Waals surface area contributed by atoms with Crippen molar-refractivity contribution in [1.82, 2.24) is 29.9 Å². The van der Waals surface area contributed by atoms with E-state index >= 15 is 0 Å². The first-order valence-electron chi connectivity index (χ1n) is 14.2. The molecule has 5 aromatic heterocycles. The Morgan fingerprint density at radius 1 is 0.633 bits per heavy atom. The van der Waals surface area contributed by atoms with Crippen LogP contribution in [0.1, 0.15) is 26.3 Å². The third-order valence-electron chi connectivity index (χ3n) is 6.54. The Morgan fingerprint density at radius 2 is 1.12 bits per heavy atom. The van der Waals surface area contributed by atoms with E-state index in [1.807, 2.05) is 0 Å². The van der Waals surface area contributed by atoms with Crippen molar-refractivity contribution >= 4 is 56.5 Å². The van der Waals surface area contributed by atoms with Crippen molar-refractivity contribution in [3.63, 3.8) is 0 Å². The van der Waals surface area contributed by atoms with Crippen LogP contribution in [0.3, 0.4) is 0 Å². The molecule has 13 N–H and O–H groups in total. The van der Waals surface area contributed by atoms with Crippen molar-refractivity contribution in [1.29, 1.82) is 0 Å². The van der Waals surface area contributed by atoms with E-state index in [9.17, 15) is 20.2 Å². The fraction of sp³-hybridized carbons (Fsp3) is 0.129. The molecule has 254 valence electrons. The fourth-order valence-corrected chi connectivity index (χ4v) is 3.83. The van der Waals surface area contributed by atoms with E-state index in [0.717, 1.165) is 40.5 Å². The average Bonchev–Trinajstić information content (AvgIpc) is 3.50. The van der Waals surface area contributed by atoms with Gasteiger partial charge in [0.2, 0.25) is 0 Å². The molecule has 49 heavy (non-hydrogen) atoms. The molecule has 0 aliphatic carbocycles. The molecule has 1 aromatic carbocycles. The fourth-order valence-electron chi connectivity index (χ4n) is 3.83. The Morgan fingerprint density at radius 3 is 1.55 bits per heavy atom. The van der Waals surface area contributed by atoms with E-state index in [-0.39, 0.29) is 5.41 Å². The van der Waals surface area contributed by atoms with Crippen LogP contribution in [-0.4, -0.2) is 39.8 Å². The molecule has 6 aromatic rings. The van der Waals surface area contributed by atoms with Gasteiger partial charge in [0, 0.05) is 23.6 Å². The maximum absolute atomic E-state index is 10.3. The second kappa shape index (κ2) is 15.9. The number of nitrogens with two attached hydrogens (primary N) is 6. The maximum Gasteiger partial charge on any atom is 0.317 e. The highest BCUT2D eigenvalue weighted by Crippen LogP contribution is 2.29. The zero-order chi connectivity index (χ0) is 36.3. The molecule has 6 rings (SSSR count). The number of nitrogens with zero attached hydrogens (tertiary/aromatic N) is 7. The average molecular weight is 669 g/mol. The molecule has 0 radical (unpaired) electrons. The van der Waals surface area contributed by atoms with Crippen LogP contribution in [0, 0.1) is 20.2 Å². The van der Waals surface area contributed by atoms with Gasteiger partial charge in [-0.05, 0) is 23.1 Å². The standard InChI is InChI=1S/C16H18N4.C5H4N4O4.C5H8N4.C5H6N2/c1-16(2,3)11-6-4-10(5-7-11)15-19-13-9-18-8-12(17)14(13)20-15;6-5-3(8(10)11)1-7-2-4(5)9(12)13;6-3-1-9-2-4(7)5(3)8;6-5-1-3-7-4-2-5/h4-9H,17H2,1-3H3,(H,19,20);1-2H,(H2,6,7);1-2H,6-7H2,(H2,8,9);1-4H,(H2,6,7). The number of nitrogen functional groups attached to an aromatic ring is 6. The number of imidazole rings is 1. The first-order chi connectivity index (χ1) is 23.1. The molecule has 0 saturated heterocycles. The molecular formula is C31H36N14O4. The quantitative estimate of drug-likeness (QED) is 0.101. The van der Waals surface area contributed by atoms with Gasteiger partial charge in [-0.15, -0.1) is 0 Å². The van der Waals surface area contributed by atoms with Crippen LogP contribution < -0.4 is 34.4 Å². The maximum atomic E-state index is 10.3. The first-order valence-corrected chi connectivity index (χ1v) is 14.2. The van der Waals surface area contributed by atoms with Crippen LogP contribution in [0.25, 0.3) is 22.4 Å². The predicted molar refractivity (Wildman–Crippen MR) is 191 cm³/mol. The highest BCUT2D eigenvalue weighted by atomic mass is 16.6. The third-order valence-corrected chi connectivity index (χ3v) is 6.54. The van der Waals surface area contributed by atoms with E-state index < -0.39 is 26.9 Å². The summed E-state index contributed by atoms with van der Waals surface area (Å²) in [4.78, 5) is 41.6. The van der Waals surface area contributed by atoms with Crippen LogP contribution >= 0.6 is 0 Å². The number of aromatic amines is 1. The lowest BCUT2D eigenvalue weighted by Crippen LogP contribution is -2.10.